The van der Waals surface area contributed by atoms with Gasteiger partial charge in [0.2, 0.25) is 9.58 Å². The van der Waals surface area contributed by atoms with Crippen LogP contribution in [0.5, 0.6) is 0 Å². The summed E-state index contributed by atoms with van der Waals surface area (Å²) in [5.74, 6) is -0.364. The highest BCUT2D eigenvalue weighted by atomic mass is 35.6. The number of halogens is 3. The monoisotopic (exact) mass is 437 g/mol. The number of ketones is 1. The number of hydrogen-bond donors (Lipinski definition) is 0. The van der Waals surface area contributed by atoms with Gasteiger partial charge >= 0.3 is 0 Å². The minimum Gasteiger partial charge on any atom is -0.289 e. The van der Waals surface area contributed by atoms with Gasteiger partial charge in [0.15, 0.2) is 25.5 Å². The molecule has 0 aromatic heterocycles. The van der Waals surface area contributed by atoms with E-state index in [2.05, 4.69) is 0 Å². The van der Waals surface area contributed by atoms with Gasteiger partial charge in [0.25, 0.3) is 0 Å². The molecule has 3 aromatic rings. The Labute approximate surface area is 174 Å². The molecule has 0 heterocycles. The first-order chi connectivity index (χ1) is 12.8. The van der Waals surface area contributed by atoms with E-state index in [9.17, 15) is 9.00 Å². The summed E-state index contributed by atoms with van der Waals surface area (Å²) in [6, 6.07) is 24.5. The molecule has 138 valence electrons. The van der Waals surface area contributed by atoms with Crippen molar-refractivity contribution in [3.05, 3.63) is 96.1 Å². The zero-order chi connectivity index (χ0) is 19.5. The van der Waals surface area contributed by atoms with Crippen molar-refractivity contribution in [1.82, 2.24) is 0 Å². The summed E-state index contributed by atoms with van der Waals surface area (Å²) in [4.78, 5) is 14.1. The Hall–Kier alpha value is -1.65. The zero-order valence-electron chi connectivity index (χ0n) is 14.1. The molecule has 0 radical (unpaired) electrons. The second kappa shape index (κ2) is 8.15. The Balaban J connectivity index is 1.96. The molecule has 0 spiro atoms. The van der Waals surface area contributed by atoms with E-state index >= 15 is 0 Å². The van der Waals surface area contributed by atoms with Crippen molar-refractivity contribution >= 4 is 50.5 Å². The van der Waals surface area contributed by atoms with Crippen LogP contribution in [0.15, 0.2) is 94.7 Å². The molecule has 0 saturated carbocycles. The van der Waals surface area contributed by atoms with Gasteiger partial charge in [0.05, 0.1) is 0 Å². The first kappa shape index (κ1) is 20.1. The van der Waals surface area contributed by atoms with Gasteiger partial charge in [-0.15, -0.1) is 0 Å². The van der Waals surface area contributed by atoms with Crippen LogP contribution in [-0.4, -0.2) is 11.5 Å². The number of rotatable bonds is 5. The standard InChI is InChI=1S/C21H16Cl3O2S/c22-21(23,24)17-13-11-16(12-14-17)20(25)15-27(26,18-7-3-1-4-8-18)19-9-5-2-6-10-19/h1-14H,15H2/q+1. The first-order valence-corrected chi connectivity index (χ1v) is 11.0. The van der Waals surface area contributed by atoms with Crippen LogP contribution >= 0.6 is 34.8 Å². The normalized spacial score (nSPS) is 12.0. The Kier molecular flexibility index (Phi) is 6.07. The largest absolute Gasteiger partial charge is 0.289 e. The molecule has 0 aliphatic heterocycles. The summed E-state index contributed by atoms with van der Waals surface area (Å²) in [6.45, 7) is 0. The number of benzene rings is 3. The highest BCUT2D eigenvalue weighted by Crippen LogP contribution is 2.38. The number of carbonyl (C=O) groups is 1. The quantitative estimate of drug-likeness (QED) is 0.265. The lowest BCUT2D eigenvalue weighted by atomic mass is 10.1. The zero-order valence-corrected chi connectivity index (χ0v) is 17.2. The molecule has 27 heavy (non-hydrogen) atoms. The maximum absolute atomic E-state index is 13.9. The Morgan fingerprint density at radius 1 is 0.741 bits per heavy atom. The summed E-state index contributed by atoms with van der Waals surface area (Å²) < 4.78 is 12.4. The predicted molar refractivity (Wildman–Crippen MR) is 112 cm³/mol. The molecule has 2 nitrogen and oxygen atoms in total. The topological polar surface area (TPSA) is 34.1 Å². The van der Waals surface area contributed by atoms with Gasteiger partial charge in [0.1, 0.15) is 0 Å². The fourth-order valence-corrected chi connectivity index (χ4v) is 5.41. The second-order valence-electron chi connectivity index (χ2n) is 5.94. The fraction of sp³-hybridized carbons (Fsp3) is 0.0952. The highest BCUT2D eigenvalue weighted by Gasteiger charge is 2.37. The van der Waals surface area contributed by atoms with Gasteiger partial charge < -0.3 is 0 Å². The summed E-state index contributed by atoms with van der Waals surface area (Å²) in [5, 5.41) is 0. The van der Waals surface area contributed by atoms with Crippen molar-refractivity contribution in [1.29, 1.82) is 0 Å². The van der Waals surface area contributed by atoms with Gasteiger partial charge in [-0.25, -0.2) is 0 Å². The minimum atomic E-state index is -2.76. The van der Waals surface area contributed by atoms with Crippen LogP contribution in [0, 0.1) is 0 Å². The van der Waals surface area contributed by atoms with Crippen molar-refractivity contribution in [3.8, 4) is 0 Å². The van der Waals surface area contributed by atoms with Gasteiger partial charge in [-0.05, 0) is 24.3 Å². The van der Waals surface area contributed by atoms with Gasteiger partial charge in [0, 0.05) is 11.1 Å². The van der Waals surface area contributed by atoms with E-state index in [0.29, 0.717) is 20.9 Å². The SMILES string of the molecule is O=C(C[S+](=O)(c1ccccc1)c1ccccc1)c1ccc(C(Cl)(Cl)Cl)cc1. The third-order valence-electron chi connectivity index (χ3n) is 4.12. The number of Topliss-reactive ketones (excluding diaryl/α,β-unsaturated/α-hetero) is 1. The fourth-order valence-electron chi connectivity index (χ4n) is 2.70. The highest BCUT2D eigenvalue weighted by molar-refractivity contribution is 8.03. The number of alkyl halides is 3. The molecule has 0 fully saturated rings. The van der Waals surface area contributed by atoms with Crippen molar-refractivity contribution in [2.24, 2.45) is 0 Å². The molecule has 0 amide bonds. The summed E-state index contributed by atoms with van der Waals surface area (Å²) >= 11 is 17.6. The van der Waals surface area contributed by atoms with Crippen molar-refractivity contribution in [2.75, 3.05) is 5.75 Å². The molecule has 3 aromatic carbocycles. The Morgan fingerprint density at radius 3 is 1.59 bits per heavy atom. The molecule has 0 aliphatic rings. The summed E-state index contributed by atoms with van der Waals surface area (Å²) in [6.07, 6.45) is 0. The van der Waals surface area contributed by atoms with E-state index in [0.717, 1.165) is 0 Å². The smallest absolute Gasteiger partial charge is 0.216 e. The van der Waals surface area contributed by atoms with Gasteiger partial charge in [-0.3, -0.25) is 4.79 Å². The molecule has 0 bridgehead atoms. The minimum absolute atomic E-state index is 0.131. The van der Waals surface area contributed by atoms with Crippen LogP contribution in [-0.2, 0) is 17.9 Å². The number of carbonyl (C=O) groups excluding carboxylic acids is 1. The maximum Gasteiger partial charge on any atom is 0.216 e. The Morgan fingerprint density at radius 2 is 1.19 bits per heavy atom. The number of hydrogen-bond acceptors (Lipinski definition) is 2. The lowest BCUT2D eigenvalue weighted by molar-refractivity contribution is 0.102. The van der Waals surface area contributed by atoms with E-state index < -0.39 is 13.7 Å². The van der Waals surface area contributed by atoms with Crippen molar-refractivity contribution in [2.45, 2.75) is 13.6 Å². The lowest BCUT2D eigenvalue weighted by Crippen LogP contribution is -2.23. The maximum atomic E-state index is 13.9. The molecule has 6 heteroatoms. The Bertz CT molecular complexity index is 922. The van der Waals surface area contributed by atoms with Crippen LogP contribution in [0.25, 0.3) is 0 Å². The van der Waals surface area contributed by atoms with Crippen LogP contribution in [0.3, 0.4) is 0 Å². The van der Waals surface area contributed by atoms with E-state index in [4.69, 9.17) is 34.8 Å². The predicted octanol–water partition coefficient (Wildman–Crippen LogP) is 6.31. The average molecular weight is 439 g/mol. The molecule has 0 aliphatic carbocycles. The molecular weight excluding hydrogens is 423 g/mol. The van der Waals surface area contributed by atoms with Crippen LogP contribution in [0.1, 0.15) is 15.9 Å². The van der Waals surface area contributed by atoms with E-state index in [1.54, 1.807) is 48.5 Å². The first-order valence-electron chi connectivity index (χ1n) is 8.13. The molecule has 0 atom stereocenters. The van der Waals surface area contributed by atoms with E-state index in [-0.39, 0.29) is 11.5 Å². The van der Waals surface area contributed by atoms with Crippen LogP contribution < -0.4 is 0 Å². The van der Waals surface area contributed by atoms with E-state index in [1.807, 2.05) is 36.4 Å². The summed E-state index contributed by atoms with van der Waals surface area (Å²) in [5.41, 5.74) is 0.892. The third-order valence-corrected chi connectivity index (χ3v) is 7.51. The third kappa shape index (κ3) is 4.61. The van der Waals surface area contributed by atoms with Gasteiger partial charge in [-0.1, -0.05) is 99.7 Å². The molecule has 0 saturated heterocycles. The molecule has 0 N–H and O–H groups in total. The second-order valence-corrected chi connectivity index (χ2v) is 10.8. The molecular formula is C21H16Cl3O2S+. The lowest BCUT2D eigenvalue weighted by Gasteiger charge is -2.13. The molecule has 3 rings (SSSR count). The van der Waals surface area contributed by atoms with E-state index in [1.165, 1.54) is 0 Å². The average Bonchev–Trinajstić information content (AvgIpc) is 2.68. The van der Waals surface area contributed by atoms with Crippen LogP contribution in [0.2, 0.25) is 0 Å². The van der Waals surface area contributed by atoms with Crippen LogP contribution in [0.4, 0.5) is 0 Å². The summed E-state index contributed by atoms with van der Waals surface area (Å²) in [7, 11) is -2.76. The van der Waals surface area contributed by atoms with Crippen molar-refractivity contribution in [3.63, 3.8) is 0 Å². The van der Waals surface area contributed by atoms with Crippen molar-refractivity contribution < 1.29 is 9.00 Å². The molecule has 0 unspecified atom stereocenters. The van der Waals surface area contributed by atoms with Gasteiger partial charge in [-0.2, -0.15) is 0 Å².